The Balaban J connectivity index is 1.55. The summed E-state index contributed by atoms with van der Waals surface area (Å²) in [4.78, 5) is 12.5. The van der Waals surface area contributed by atoms with E-state index in [0.717, 1.165) is 28.6 Å². The molecule has 1 aliphatic rings. The maximum absolute atomic E-state index is 12.7. The smallest absolute Gasteiger partial charge is 0.178 e. The van der Waals surface area contributed by atoms with Gasteiger partial charge in [-0.1, -0.05) is 26.0 Å². The van der Waals surface area contributed by atoms with Gasteiger partial charge in [0.05, 0.1) is 39.5 Å². The molecule has 9 nitrogen and oxygen atoms in total. The molecule has 0 aliphatic carbocycles. The molecule has 2 N–H and O–H groups in total. The third kappa shape index (κ3) is 3.72. The second kappa shape index (κ2) is 8.25. The van der Waals surface area contributed by atoms with E-state index in [-0.39, 0.29) is 17.7 Å². The van der Waals surface area contributed by atoms with Gasteiger partial charge in [0, 0.05) is 7.05 Å². The molecule has 4 heterocycles. The molecule has 0 bridgehead atoms. The summed E-state index contributed by atoms with van der Waals surface area (Å²) in [5.41, 5.74) is 4.29. The number of fused-ring (bicyclic) bond motifs is 2. The molecule has 3 aromatic heterocycles. The van der Waals surface area contributed by atoms with Crippen molar-refractivity contribution in [1.82, 2.24) is 24.7 Å². The number of aryl methyl sites for hydroxylation is 2. The monoisotopic (exact) mass is 475 g/mol. The fourth-order valence-corrected chi connectivity index (χ4v) is 6.20. The van der Waals surface area contributed by atoms with E-state index in [1.54, 1.807) is 13.2 Å². The molecule has 0 saturated carbocycles. The number of nitriles is 1. The molecule has 4 aromatic rings. The van der Waals surface area contributed by atoms with Crippen molar-refractivity contribution < 1.29 is 8.42 Å². The standard InChI is InChI=1S/C24H25N7O2S/c1-14(2)22(16-7-6-15-5-4-8-34(32,33)21(15)9-16)30-24-17-10-19(29-23(17)26-13-27-24)18-12-28-31(3)20(18)11-25/h6-7,9-10,12-14,22H,4-5,8H2,1-3H3,(H2,26,27,29,30)/t22-/m0/s1. The van der Waals surface area contributed by atoms with Crippen LogP contribution >= 0.6 is 0 Å². The molecule has 0 fully saturated rings. The lowest BCUT2D eigenvalue weighted by Gasteiger charge is -2.26. The van der Waals surface area contributed by atoms with Crippen molar-refractivity contribution in [2.24, 2.45) is 13.0 Å². The van der Waals surface area contributed by atoms with Crippen LogP contribution in [-0.2, 0) is 23.3 Å². The van der Waals surface area contributed by atoms with Crippen LogP contribution in [0, 0.1) is 17.2 Å². The molecule has 0 saturated heterocycles. The van der Waals surface area contributed by atoms with E-state index in [1.165, 1.54) is 11.0 Å². The number of hydrogen-bond acceptors (Lipinski definition) is 7. The number of benzene rings is 1. The predicted molar refractivity (Wildman–Crippen MR) is 129 cm³/mol. The summed E-state index contributed by atoms with van der Waals surface area (Å²) in [5, 5.41) is 18.0. The second-order valence-corrected chi connectivity index (χ2v) is 11.0. The van der Waals surface area contributed by atoms with E-state index >= 15 is 0 Å². The summed E-state index contributed by atoms with van der Waals surface area (Å²) in [5.74, 6) is 0.992. The van der Waals surface area contributed by atoms with Crippen molar-refractivity contribution in [3.63, 3.8) is 0 Å². The Bertz CT molecular complexity index is 1540. The SMILES string of the molecule is CC(C)[C@H](Nc1ncnc2[nH]c(-c3cnn(C)c3C#N)cc12)c1ccc2c(c1)S(=O)(=O)CCC2. The highest BCUT2D eigenvalue weighted by Gasteiger charge is 2.26. The van der Waals surface area contributed by atoms with Crippen molar-refractivity contribution in [3.8, 4) is 17.3 Å². The maximum atomic E-state index is 12.7. The van der Waals surface area contributed by atoms with E-state index in [0.29, 0.717) is 34.0 Å². The van der Waals surface area contributed by atoms with Crippen LogP contribution in [0.4, 0.5) is 5.82 Å². The van der Waals surface area contributed by atoms with Gasteiger partial charge in [-0.05, 0) is 42.0 Å². The number of aromatic amines is 1. The molecule has 0 unspecified atom stereocenters. The summed E-state index contributed by atoms with van der Waals surface area (Å²) in [6.45, 7) is 4.17. The lowest BCUT2D eigenvalue weighted by Crippen LogP contribution is -2.20. The minimum absolute atomic E-state index is 0.160. The predicted octanol–water partition coefficient (Wildman–Crippen LogP) is 3.76. The second-order valence-electron chi connectivity index (χ2n) is 8.97. The van der Waals surface area contributed by atoms with E-state index in [4.69, 9.17) is 0 Å². The minimum Gasteiger partial charge on any atom is -0.362 e. The van der Waals surface area contributed by atoms with Gasteiger partial charge in [-0.25, -0.2) is 18.4 Å². The molecule has 0 spiro atoms. The summed E-state index contributed by atoms with van der Waals surface area (Å²) >= 11 is 0. The number of anilines is 1. The van der Waals surface area contributed by atoms with Crippen molar-refractivity contribution in [2.75, 3.05) is 11.1 Å². The Morgan fingerprint density at radius 2 is 2.06 bits per heavy atom. The lowest BCUT2D eigenvalue weighted by molar-refractivity contribution is 0.542. The Hall–Kier alpha value is -3.71. The van der Waals surface area contributed by atoms with E-state index < -0.39 is 9.84 Å². The number of sulfone groups is 1. The number of rotatable bonds is 5. The zero-order valence-corrected chi connectivity index (χ0v) is 20.0. The van der Waals surface area contributed by atoms with Gasteiger partial charge in [-0.15, -0.1) is 0 Å². The molecule has 10 heteroatoms. The van der Waals surface area contributed by atoms with Crippen LogP contribution in [0.2, 0.25) is 0 Å². The maximum Gasteiger partial charge on any atom is 0.178 e. The Morgan fingerprint density at radius 3 is 2.82 bits per heavy atom. The third-order valence-corrected chi connectivity index (χ3v) is 8.24. The van der Waals surface area contributed by atoms with Gasteiger partial charge in [0.15, 0.2) is 9.84 Å². The lowest BCUT2D eigenvalue weighted by atomic mass is 9.94. The minimum atomic E-state index is -3.26. The van der Waals surface area contributed by atoms with Gasteiger partial charge < -0.3 is 10.3 Å². The fourth-order valence-electron chi connectivity index (χ4n) is 4.57. The Morgan fingerprint density at radius 1 is 1.24 bits per heavy atom. The molecular formula is C24H25N7O2S. The van der Waals surface area contributed by atoms with Gasteiger partial charge >= 0.3 is 0 Å². The van der Waals surface area contributed by atoms with Gasteiger partial charge in [0.2, 0.25) is 0 Å². The van der Waals surface area contributed by atoms with Gasteiger partial charge in [0.25, 0.3) is 0 Å². The van der Waals surface area contributed by atoms with Gasteiger partial charge in [-0.2, -0.15) is 10.4 Å². The van der Waals surface area contributed by atoms with Crippen LogP contribution in [0.25, 0.3) is 22.3 Å². The van der Waals surface area contributed by atoms with E-state index in [2.05, 4.69) is 45.3 Å². The van der Waals surface area contributed by atoms with Crippen molar-refractivity contribution >= 4 is 26.7 Å². The van der Waals surface area contributed by atoms with Crippen LogP contribution in [0.15, 0.2) is 41.7 Å². The van der Waals surface area contributed by atoms with Crippen molar-refractivity contribution in [1.29, 1.82) is 5.26 Å². The molecule has 1 aliphatic heterocycles. The van der Waals surface area contributed by atoms with E-state index in [9.17, 15) is 13.7 Å². The van der Waals surface area contributed by atoms with Crippen molar-refractivity contribution in [3.05, 3.63) is 53.6 Å². The Kier molecular flexibility index (Phi) is 5.37. The summed E-state index contributed by atoms with van der Waals surface area (Å²) in [6, 6.07) is 9.69. The highest BCUT2D eigenvalue weighted by molar-refractivity contribution is 7.91. The first-order valence-corrected chi connectivity index (χ1v) is 12.8. The zero-order valence-electron chi connectivity index (χ0n) is 19.2. The first-order valence-electron chi connectivity index (χ1n) is 11.2. The molecule has 0 radical (unpaired) electrons. The number of H-pyrrole nitrogens is 1. The number of nitrogens with one attached hydrogen (secondary N) is 2. The molecule has 174 valence electrons. The fraction of sp³-hybridized carbons (Fsp3) is 0.333. The Labute approximate surface area is 197 Å². The zero-order chi connectivity index (χ0) is 24.0. The normalized spacial score (nSPS) is 15.7. The van der Waals surface area contributed by atoms with Crippen LogP contribution in [0.3, 0.4) is 0 Å². The highest BCUT2D eigenvalue weighted by atomic mass is 32.2. The number of nitrogens with zero attached hydrogens (tertiary/aromatic N) is 5. The molecule has 34 heavy (non-hydrogen) atoms. The molecule has 1 aromatic carbocycles. The largest absolute Gasteiger partial charge is 0.362 e. The van der Waals surface area contributed by atoms with Crippen molar-refractivity contribution in [2.45, 2.75) is 37.6 Å². The first kappa shape index (κ1) is 22.1. The average molecular weight is 476 g/mol. The molecule has 1 atom stereocenters. The molecule has 5 rings (SSSR count). The molecular weight excluding hydrogens is 450 g/mol. The average Bonchev–Trinajstić information content (AvgIpc) is 3.40. The first-order chi connectivity index (χ1) is 16.3. The van der Waals surface area contributed by atoms with Crippen LogP contribution in [0.5, 0.6) is 0 Å². The highest BCUT2D eigenvalue weighted by Crippen LogP contribution is 2.34. The van der Waals surface area contributed by atoms with Crippen LogP contribution in [-0.4, -0.2) is 38.9 Å². The van der Waals surface area contributed by atoms with Crippen LogP contribution < -0.4 is 5.32 Å². The summed E-state index contributed by atoms with van der Waals surface area (Å²) < 4.78 is 26.9. The summed E-state index contributed by atoms with van der Waals surface area (Å²) in [6.07, 6.45) is 4.58. The summed E-state index contributed by atoms with van der Waals surface area (Å²) in [7, 11) is -1.53. The van der Waals surface area contributed by atoms with Crippen LogP contribution in [0.1, 0.15) is 43.1 Å². The number of aromatic nitrogens is 5. The van der Waals surface area contributed by atoms with Gasteiger partial charge in [0.1, 0.15) is 29.6 Å². The quantitative estimate of drug-likeness (QED) is 0.449. The van der Waals surface area contributed by atoms with E-state index in [1.807, 2.05) is 24.3 Å². The van der Waals surface area contributed by atoms with Gasteiger partial charge in [-0.3, -0.25) is 4.68 Å². The topological polar surface area (TPSA) is 129 Å². The third-order valence-electron chi connectivity index (χ3n) is 6.36. The molecule has 0 amide bonds. The number of hydrogen-bond donors (Lipinski definition) is 2.